The van der Waals surface area contributed by atoms with Crippen LogP contribution in [0.15, 0.2) is 0 Å². The van der Waals surface area contributed by atoms with Gasteiger partial charge in [0.15, 0.2) is 6.29 Å². The third kappa shape index (κ3) is 10.1. The molecule has 0 saturated heterocycles. The Labute approximate surface area is 161 Å². The molecular formula is C16H36BNO9. The number of hydrogen-bond acceptors (Lipinski definition) is 10. The van der Waals surface area contributed by atoms with Crippen LogP contribution in [0.5, 0.6) is 0 Å². The van der Waals surface area contributed by atoms with E-state index in [4.69, 9.17) is 14.4 Å². The lowest BCUT2D eigenvalue weighted by molar-refractivity contribution is -0.193. The zero-order valence-electron chi connectivity index (χ0n) is 16.4. The molecule has 0 amide bonds. The molecular weight excluding hydrogens is 361 g/mol. The fourth-order valence-electron chi connectivity index (χ4n) is 2.39. The van der Waals surface area contributed by atoms with Gasteiger partial charge in [-0.05, 0) is 19.8 Å². The second-order valence-corrected chi connectivity index (χ2v) is 6.53. The molecule has 0 radical (unpaired) electrons. The third-order valence-electron chi connectivity index (χ3n) is 4.25. The highest BCUT2D eigenvalue weighted by Crippen LogP contribution is 2.12. The molecule has 27 heavy (non-hydrogen) atoms. The van der Waals surface area contributed by atoms with E-state index in [-0.39, 0.29) is 0 Å². The first kappa shape index (κ1) is 26.7. The lowest BCUT2D eigenvalue weighted by Crippen LogP contribution is -2.52. The molecule has 0 heterocycles. The molecule has 0 aliphatic heterocycles. The molecule has 0 rings (SSSR count). The molecule has 0 aromatic rings. The van der Waals surface area contributed by atoms with E-state index in [2.05, 4.69) is 13.8 Å². The molecule has 0 aromatic heterocycles. The Balaban J connectivity index is 4.60. The Morgan fingerprint density at radius 3 is 1.81 bits per heavy atom. The number of nitrogens with zero attached hydrogens (tertiary/aromatic N) is 1. The number of aliphatic hydroxyl groups excluding tert-OH is 6. The van der Waals surface area contributed by atoms with Gasteiger partial charge < -0.3 is 45.0 Å². The summed E-state index contributed by atoms with van der Waals surface area (Å²) >= 11 is 0. The lowest BCUT2D eigenvalue weighted by Gasteiger charge is -2.31. The second-order valence-electron chi connectivity index (χ2n) is 6.53. The first-order valence-electron chi connectivity index (χ1n) is 9.43. The Morgan fingerprint density at radius 1 is 0.852 bits per heavy atom. The largest absolute Gasteiger partial charge is 0.639 e. The Kier molecular flexibility index (Phi) is 14.5. The van der Waals surface area contributed by atoms with Crippen molar-refractivity contribution in [2.24, 2.45) is 0 Å². The highest BCUT2D eigenvalue weighted by atomic mass is 16.7. The van der Waals surface area contributed by atoms with Gasteiger partial charge in [-0.3, -0.25) is 4.90 Å². The van der Waals surface area contributed by atoms with E-state index in [0.29, 0.717) is 0 Å². The molecule has 11 heteroatoms. The van der Waals surface area contributed by atoms with Gasteiger partial charge in [-0.25, -0.2) is 0 Å². The summed E-state index contributed by atoms with van der Waals surface area (Å²) in [4.78, 5) is 2.01. The van der Waals surface area contributed by atoms with Gasteiger partial charge in [0.2, 0.25) is 0 Å². The highest BCUT2D eigenvalue weighted by Gasteiger charge is 2.37. The van der Waals surface area contributed by atoms with Crippen LogP contribution in [0.25, 0.3) is 0 Å². The van der Waals surface area contributed by atoms with Crippen LogP contribution in [0.2, 0.25) is 0 Å². The van der Waals surface area contributed by atoms with Crippen molar-refractivity contribution in [3.05, 3.63) is 0 Å². The van der Waals surface area contributed by atoms with Gasteiger partial charge in [-0.2, -0.15) is 0 Å². The third-order valence-corrected chi connectivity index (χ3v) is 4.25. The summed E-state index contributed by atoms with van der Waals surface area (Å²) in [6.07, 6.45) is -6.41. The highest BCUT2D eigenvalue weighted by molar-refractivity contribution is 6.34. The zero-order valence-corrected chi connectivity index (χ0v) is 16.4. The van der Waals surface area contributed by atoms with Gasteiger partial charge in [-0.1, -0.05) is 26.7 Å². The minimum atomic E-state index is -2.09. The summed E-state index contributed by atoms with van der Waals surface area (Å²) in [6.45, 7) is 6.52. The van der Waals surface area contributed by atoms with Crippen molar-refractivity contribution in [3.63, 3.8) is 0 Å². The molecule has 162 valence electrons. The molecule has 0 aliphatic rings. The fraction of sp³-hybridized carbons (Fsp3) is 1.00. The van der Waals surface area contributed by atoms with E-state index in [1.54, 1.807) is 6.92 Å². The summed E-state index contributed by atoms with van der Waals surface area (Å²) in [7, 11) is -1.89. The van der Waals surface area contributed by atoms with Crippen LogP contribution in [0.4, 0.5) is 0 Å². The Hall–Kier alpha value is -0.335. The molecule has 2 unspecified atom stereocenters. The average Bonchev–Trinajstić information content (AvgIpc) is 2.65. The van der Waals surface area contributed by atoms with Crippen LogP contribution in [-0.2, 0) is 9.31 Å². The minimum Gasteiger partial charge on any atom is -0.401 e. The summed E-state index contributed by atoms with van der Waals surface area (Å²) in [5, 5.41) is 66.6. The molecule has 6 atom stereocenters. The van der Waals surface area contributed by atoms with Crippen molar-refractivity contribution in [1.82, 2.24) is 4.90 Å². The van der Waals surface area contributed by atoms with Crippen molar-refractivity contribution in [3.8, 4) is 0 Å². The molecule has 0 saturated carbocycles. The minimum absolute atomic E-state index is 0.519. The normalized spacial score (nSPS) is 18.8. The number of unbranched alkanes of at least 4 members (excludes halogenated alkanes) is 2. The van der Waals surface area contributed by atoms with Crippen LogP contribution in [0.1, 0.15) is 46.5 Å². The van der Waals surface area contributed by atoms with Gasteiger partial charge in [-0.15, -0.1) is 0 Å². The van der Waals surface area contributed by atoms with Crippen molar-refractivity contribution >= 4 is 7.32 Å². The van der Waals surface area contributed by atoms with Crippen molar-refractivity contribution < 1.29 is 45.0 Å². The molecule has 0 aliphatic carbocycles. The Morgan fingerprint density at radius 2 is 1.37 bits per heavy atom. The first-order chi connectivity index (χ1) is 12.7. The van der Waals surface area contributed by atoms with E-state index in [1.165, 1.54) is 0 Å². The van der Waals surface area contributed by atoms with Gasteiger partial charge >= 0.3 is 7.32 Å². The maximum Gasteiger partial charge on any atom is 0.639 e. The summed E-state index contributed by atoms with van der Waals surface area (Å²) in [5.41, 5.74) is 0. The van der Waals surface area contributed by atoms with Crippen molar-refractivity contribution in [2.75, 3.05) is 19.7 Å². The van der Waals surface area contributed by atoms with Crippen molar-refractivity contribution in [1.29, 1.82) is 0 Å². The number of aliphatic hydroxyl groups is 6. The lowest BCUT2D eigenvalue weighted by atomic mass is 10.0. The van der Waals surface area contributed by atoms with E-state index in [9.17, 15) is 30.6 Å². The summed E-state index contributed by atoms with van der Waals surface area (Å²) in [5.74, 6) is 0. The van der Waals surface area contributed by atoms with Crippen LogP contribution in [0, 0.1) is 0 Å². The maximum absolute atomic E-state index is 9.84. The predicted molar refractivity (Wildman–Crippen MR) is 98.1 cm³/mol. The second kappa shape index (κ2) is 14.6. The molecule has 10 nitrogen and oxygen atoms in total. The number of hydrogen-bond donors (Lipinski definition) is 7. The molecule has 0 aromatic carbocycles. The van der Waals surface area contributed by atoms with Crippen LogP contribution >= 0.6 is 0 Å². The zero-order chi connectivity index (χ0) is 21.0. The topological polar surface area (TPSA) is 163 Å². The molecule has 0 bridgehead atoms. The van der Waals surface area contributed by atoms with E-state index in [0.717, 1.165) is 38.8 Å². The van der Waals surface area contributed by atoms with Crippen LogP contribution < -0.4 is 0 Å². The van der Waals surface area contributed by atoms with E-state index < -0.39 is 50.9 Å². The van der Waals surface area contributed by atoms with Crippen molar-refractivity contribution in [2.45, 2.75) is 83.4 Å². The molecule has 7 N–H and O–H groups in total. The predicted octanol–water partition coefficient (Wildman–Crippen LogP) is -2.00. The van der Waals surface area contributed by atoms with Crippen LogP contribution in [0.3, 0.4) is 0 Å². The Bertz CT molecular complexity index is 361. The summed E-state index contributed by atoms with van der Waals surface area (Å²) in [6, 6.07) is 0. The summed E-state index contributed by atoms with van der Waals surface area (Å²) < 4.78 is 10.0. The maximum atomic E-state index is 9.84. The average molecular weight is 397 g/mol. The van der Waals surface area contributed by atoms with Gasteiger partial charge in [0.1, 0.15) is 24.4 Å². The standard InChI is InChI=1S/C16H36BNO9/c1-4-6-8-18(9-7-5-2)11(3)26-17(25)27-16(24)15(23)14(22)13(21)12(20)10-19/h11-16,19-25H,4-10H2,1-3H3/t11?,12-,13-,14+,15-,16?/m1/s1. The fourth-order valence-corrected chi connectivity index (χ4v) is 2.39. The SMILES string of the molecule is CCCCN(CCCC)C(C)OB(O)OC(O)[C@H](O)[C@@H](O)[C@H](O)[C@H](O)CO. The van der Waals surface area contributed by atoms with E-state index in [1.807, 2.05) is 4.90 Å². The quantitative estimate of drug-likeness (QED) is 0.114. The molecule has 0 fully saturated rings. The van der Waals surface area contributed by atoms with Gasteiger partial charge in [0, 0.05) is 13.1 Å². The smallest absolute Gasteiger partial charge is 0.401 e. The van der Waals surface area contributed by atoms with Gasteiger partial charge in [0.05, 0.1) is 12.8 Å². The van der Waals surface area contributed by atoms with Gasteiger partial charge in [0.25, 0.3) is 0 Å². The first-order valence-corrected chi connectivity index (χ1v) is 9.43. The number of rotatable bonds is 16. The monoisotopic (exact) mass is 397 g/mol. The van der Waals surface area contributed by atoms with Crippen LogP contribution in [-0.4, -0.2) is 105 Å². The van der Waals surface area contributed by atoms with E-state index >= 15 is 0 Å². The molecule has 0 spiro atoms.